The molecule has 0 atom stereocenters. The van der Waals surface area contributed by atoms with Crippen LogP contribution < -0.4 is 0 Å². The van der Waals surface area contributed by atoms with Gasteiger partial charge in [0, 0.05) is 23.7 Å². The molecule has 2 aromatic carbocycles. The van der Waals surface area contributed by atoms with Gasteiger partial charge in [0.2, 0.25) is 0 Å². The molecular formula is C18H18ClNO3. The number of benzene rings is 2. The maximum absolute atomic E-state index is 12.7. The summed E-state index contributed by atoms with van der Waals surface area (Å²) in [5, 5.41) is 0.575. The SMILES string of the molecule is COC(=O)CCN(Cc1ccccc1)C(=O)c1ccc(Cl)cc1. The number of methoxy groups -OCH3 is 1. The number of hydrogen-bond acceptors (Lipinski definition) is 3. The predicted octanol–water partition coefficient (Wildman–Crippen LogP) is 3.55. The summed E-state index contributed by atoms with van der Waals surface area (Å²) in [5.74, 6) is -0.485. The van der Waals surface area contributed by atoms with Gasteiger partial charge in [0.05, 0.1) is 13.5 Å². The summed E-state index contributed by atoms with van der Waals surface area (Å²) in [4.78, 5) is 25.7. The highest BCUT2D eigenvalue weighted by Gasteiger charge is 2.17. The monoisotopic (exact) mass is 331 g/mol. The minimum absolute atomic E-state index is 0.144. The summed E-state index contributed by atoms with van der Waals surface area (Å²) in [6.07, 6.45) is 0.155. The highest BCUT2D eigenvalue weighted by Crippen LogP contribution is 2.14. The summed E-state index contributed by atoms with van der Waals surface area (Å²) in [6.45, 7) is 0.725. The van der Waals surface area contributed by atoms with E-state index in [9.17, 15) is 9.59 Å². The summed E-state index contributed by atoms with van der Waals surface area (Å²) < 4.78 is 4.66. The zero-order valence-corrected chi connectivity index (χ0v) is 13.6. The summed E-state index contributed by atoms with van der Waals surface area (Å²) in [7, 11) is 1.34. The zero-order chi connectivity index (χ0) is 16.7. The van der Waals surface area contributed by atoms with Crippen LogP contribution in [0.5, 0.6) is 0 Å². The number of hydrogen-bond donors (Lipinski definition) is 0. The number of rotatable bonds is 6. The first-order valence-corrected chi connectivity index (χ1v) is 7.63. The second kappa shape index (κ2) is 8.34. The quantitative estimate of drug-likeness (QED) is 0.760. The number of carbonyl (C=O) groups excluding carboxylic acids is 2. The number of nitrogens with zero attached hydrogens (tertiary/aromatic N) is 1. The van der Waals surface area contributed by atoms with Crippen molar-refractivity contribution in [3.63, 3.8) is 0 Å². The van der Waals surface area contributed by atoms with Crippen molar-refractivity contribution < 1.29 is 14.3 Å². The van der Waals surface area contributed by atoms with Crippen LogP contribution in [0.4, 0.5) is 0 Å². The second-order valence-corrected chi connectivity index (χ2v) is 5.48. The molecule has 5 heteroatoms. The van der Waals surface area contributed by atoms with Gasteiger partial charge < -0.3 is 9.64 Å². The van der Waals surface area contributed by atoms with Crippen LogP contribution >= 0.6 is 11.6 Å². The van der Waals surface area contributed by atoms with E-state index in [4.69, 9.17) is 11.6 Å². The molecule has 0 aliphatic heterocycles. The van der Waals surface area contributed by atoms with Gasteiger partial charge in [-0.05, 0) is 29.8 Å². The molecule has 0 saturated heterocycles. The van der Waals surface area contributed by atoms with E-state index in [2.05, 4.69) is 4.74 Å². The lowest BCUT2D eigenvalue weighted by Crippen LogP contribution is -2.32. The van der Waals surface area contributed by atoms with Crippen molar-refractivity contribution in [3.8, 4) is 0 Å². The third kappa shape index (κ3) is 5.11. The molecule has 0 heterocycles. The fourth-order valence-corrected chi connectivity index (χ4v) is 2.29. The van der Waals surface area contributed by atoms with Crippen molar-refractivity contribution in [2.45, 2.75) is 13.0 Å². The minimum Gasteiger partial charge on any atom is -0.469 e. The first-order chi connectivity index (χ1) is 11.1. The molecule has 0 aliphatic carbocycles. The molecule has 0 N–H and O–H groups in total. The summed E-state index contributed by atoms with van der Waals surface area (Å²) >= 11 is 5.86. The Balaban J connectivity index is 2.15. The Hall–Kier alpha value is -2.33. The van der Waals surface area contributed by atoms with Crippen molar-refractivity contribution in [1.29, 1.82) is 0 Å². The molecule has 0 aromatic heterocycles. The van der Waals surface area contributed by atoms with E-state index in [0.29, 0.717) is 23.7 Å². The van der Waals surface area contributed by atoms with Crippen LogP contribution in [-0.2, 0) is 16.1 Å². The van der Waals surface area contributed by atoms with Crippen LogP contribution in [-0.4, -0.2) is 30.4 Å². The average molecular weight is 332 g/mol. The van der Waals surface area contributed by atoms with Gasteiger partial charge >= 0.3 is 5.97 Å². The van der Waals surface area contributed by atoms with Gasteiger partial charge in [-0.25, -0.2) is 0 Å². The number of carbonyl (C=O) groups is 2. The van der Waals surface area contributed by atoms with Crippen molar-refractivity contribution >= 4 is 23.5 Å². The van der Waals surface area contributed by atoms with E-state index >= 15 is 0 Å². The summed E-state index contributed by atoms with van der Waals surface area (Å²) in [5.41, 5.74) is 1.54. The minimum atomic E-state index is -0.341. The normalized spacial score (nSPS) is 10.2. The Kier molecular flexibility index (Phi) is 6.18. The van der Waals surface area contributed by atoms with Gasteiger partial charge in [0.15, 0.2) is 0 Å². The number of amides is 1. The fourth-order valence-electron chi connectivity index (χ4n) is 2.16. The molecule has 0 aliphatic rings. The van der Waals surface area contributed by atoms with Crippen LogP contribution in [0.1, 0.15) is 22.3 Å². The molecule has 0 bridgehead atoms. The molecule has 4 nitrogen and oxygen atoms in total. The lowest BCUT2D eigenvalue weighted by molar-refractivity contribution is -0.140. The predicted molar refractivity (Wildman–Crippen MR) is 89.3 cm³/mol. The average Bonchev–Trinajstić information content (AvgIpc) is 2.59. The third-order valence-electron chi connectivity index (χ3n) is 3.41. The van der Waals surface area contributed by atoms with Crippen LogP contribution in [0, 0.1) is 0 Å². The van der Waals surface area contributed by atoms with Gasteiger partial charge in [-0.15, -0.1) is 0 Å². The molecule has 0 fully saturated rings. The van der Waals surface area contributed by atoms with E-state index in [1.165, 1.54) is 7.11 Å². The second-order valence-electron chi connectivity index (χ2n) is 5.05. The maximum atomic E-state index is 12.7. The van der Waals surface area contributed by atoms with Gasteiger partial charge in [-0.2, -0.15) is 0 Å². The van der Waals surface area contributed by atoms with Gasteiger partial charge in [-0.3, -0.25) is 9.59 Å². The molecule has 0 radical (unpaired) electrons. The van der Waals surface area contributed by atoms with Crippen LogP contribution in [0.25, 0.3) is 0 Å². The van der Waals surface area contributed by atoms with Crippen LogP contribution in [0.3, 0.4) is 0 Å². The zero-order valence-electron chi connectivity index (χ0n) is 12.9. The lowest BCUT2D eigenvalue weighted by Gasteiger charge is -2.22. The van der Waals surface area contributed by atoms with E-state index in [-0.39, 0.29) is 18.3 Å². The highest BCUT2D eigenvalue weighted by atomic mass is 35.5. The van der Waals surface area contributed by atoms with E-state index in [1.807, 2.05) is 30.3 Å². The van der Waals surface area contributed by atoms with E-state index in [1.54, 1.807) is 29.2 Å². The number of ether oxygens (including phenoxy) is 1. The molecule has 2 aromatic rings. The van der Waals surface area contributed by atoms with Crippen molar-refractivity contribution in [3.05, 3.63) is 70.7 Å². The molecule has 120 valence electrons. The Labute approximate surface area is 140 Å². The molecule has 23 heavy (non-hydrogen) atoms. The van der Waals surface area contributed by atoms with E-state index in [0.717, 1.165) is 5.56 Å². The van der Waals surface area contributed by atoms with Gasteiger partial charge in [-0.1, -0.05) is 41.9 Å². The highest BCUT2D eigenvalue weighted by molar-refractivity contribution is 6.30. The lowest BCUT2D eigenvalue weighted by atomic mass is 10.1. The van der Waals surface area contributed by atoms with Crippen molar-refractivity contribution in [2.75, 3.05) is 13.7 Å². The smallest absolute Gasteiger partial charge is 0.307 e. The van der Waals surface area contributed by atoms with Crippen LogP contribution in [0.2, 0.25) is 5.02 Å². The molecular weight excluding hydrogens is 314 g/mol. The first-order valence-electron chi connectivity index (χ1n) is 7.25. The standard InChI is InChI=1S/C18H18ClNO3/c1-23-17(21)11-12-20(13-14-5-3-2-4-6-14)18(22)15-7-9-16(19)10-8-15/h2-10H,11-13H2,1H3. The topological polar surface area (TPSA) is 46.6 Å². The third-order valence-corrected chi connectivity index (χ3v) is 3.66. The maximum Gasteiger partial charge on any atom is 0.307 e. The van der Waals surface area contributed by atoms with Crippen molar-refractivity contribution in [2.24, 2.45) is 0 Å². The van der Waals surface area contributed by atoms with Crippen molar-refractivity contribution in [1.82, 2.24) is 4.90 Å². The van der Waals surface area contributed by atoms with Gasteiger partial charge in [0.1, 0.15) is 0 Å². The fraction of sp³-hybridized carbons (Fsp3) is 0.222. The molecule has 1 amide bonds. The Morgan fingerprint density at radius 2 is 1.70 bits per heavy atom. The molecule has 2 rings (SSSR count). The first kappa shape index (κ1) is 17.0. The largest absolute Gasteiger partial charge is 0.469 e. The Morgan fingerprint density at radius 1 is 1.04 bits per heavy atom. The van der Waals surface area contributed by atoms with Gasteiger partial charge in [0.25, 0.3) is 5.91 Å². The van der Waals surface area contributed by atoms with Crippen LogP contribution in [0.15, 0.2) is 54.6 Å². The Bertz CT molecular complexity index is 656. The number of esters is 1. The Morgan fingerprint density at radius 3 is 2.30 bits per heavy atom. The number of halogens is 1. The molecule has 0 unspecified atom stereocenters. The van der Waals surface area contributed by atoms with E-state index < -0.39 is 0 Å². The summed E-state index contributed by atoms with van der Waals surface area (Å²) in [6, 6.07) is 16.4. The molecule has 0 spiro atoms. The molecule has 0 saturated carbocycles.